The minimum atomic E-state index is -1.26. The number of carboxylic acids is 2. The molecule has 3 rings (SSSR count). The van der Waals surface area contributed by atoms with Gasteiger partial charge in [0.05, 0.1) is 34.3 Å². The minimum Gasteiger partial charge on any atom is -0.478 e. The Morgan fingerprint density at radius 3 is 2.12 bits per heavy atom. The van der Waals surface area contributed by atoms with Crippen LogP contribution in [0.5, 0.6) is 0 Å². The first-order valence-corrected chi connectivity index (χ1v) is 14.5. The number of aliphatic carboxylic acids is 2. The quantitative estimate of drug-likeness (QED) is 0.0867. The molecule has 3 N–H and O–H groups in total. The SMILES string of the molecule is CCOC(=O)C1=C(COC(C)=O)NC(C)=C(C(=O)OCCN(C)Cc2ccccc2)C1c1cccc([N+](=O)[O-])c1.O=C(O)/C=C\C(=O)O. The van der Waals surface area contributed by atoms with E-state index in [0.717, 1.165) is 5.56 Å². The third kappa shape index (κ3) is 12.2. The molecule has 0 radical (unpaired) electrons. The van der Waals surface area contributed by atoms with Gasteiger partial charge in [-0.05, 0) is 32.0 Å². The van der Waals surface area contributed by atoms with Crippen molar-refractivity contribution in [2.45, 2.75) is 33.2 Å². The Hall–Kier alpha value is -5.83. The fraction of sp³-hybridized carbons (Fsp3) is 0.303. The normalized spacial score (nSPS) is 14.1. The van der Waals surface area contributed by atoms with Gasteiger partial charge >= 0.3 is 29.8 Å². The van der Waals surface area contributed by atoms with E-state index in [1.165, 1.54) is 25.1 Å². The summed E-state index contributed by atoms with van der Waals surface area (Å²) in [6.07, 6.45) is 1.12. The average molecular weight is 668 g/mol. The van der Waals surface area contributed by atoms with Gasteiger partial charge in [-0.3, -0.25) is 19.8 Å². The molecule has 1 unspecified atom stereocenters. The lowest BCUT2D eigenvalue weighted by molar-refractivity contribution is -0.384. The van der Waals surface area contributed by atoms with E-state index < -0.39 is 40.7 Å². The molecule has 0 aromatic heterocycles. The van der Waals surface area contributed by atoms with Crippen LogP contribution in [0.3, 0.4) is 0 Å². The predicted molar refractivity (Wildman–Crippen MR) is 170 cm³/mol. The van der Waals surface area contributed by atoms with Gasteiger partial charge in [0.25, 0.3) is 5.69 Å². The monoisotopic (exact) mass is 667 g/mol. The second-order valence-electron chi connectivity index (χ2n) is 10.2. The molecule has 1 heterocycles. The van der Waals surface area contributed by atoms with Crippen LogP contribution in [0.25, 0.3) is 0 Å². The van der Waals surface area contributed by atoms with Gasteiger partial charge in [0.2, 0.25) is 0 Å². The summed E-state index contributed by atoms with van der Waals surface area (Å²) in [7, 11) is 1.91. The van der Waals surface area contributed by atoms with Crippen LogP contribution >= 0.6 is 0 Å². The highest BCUT2D eigenvalue weighted by molar-refractivity contribution is 6.00. The topological polar surface area (TPSA) is 212 Å². The molecule has 256 valence electrons. The maximum absolute atomic E-state index is 13.5. The number of nitro benzene ring substituents is 1. The molecule has 2 aromatic carbocycles. The van der Waals surface area contributed by atoms with E-state index in [9.17, 15) is 34.1 Å². The second kappa shape index (κ2) is 19.0. The van der Waals surface area contributed by atoms with Gasteiger partial charge in [-0.25, -0.2) is 19.2 Å². The molecule has 0 aliphatic carbocycles. The van der Waals surface area contributed by atoms with Crippen molar-refractivity contribution < 1.29 is 53.3 Å². The van der Waals surface area contributed by atoms with Crippen molar-refractivity contribution in [2.24, 2.45) is 0 Å². The largest absolute Gasteiger partial charge is 0.478 e. The zero-order chi connectivity index (χ0) is 35.8. The van der Waals surface area contributed by atoms with E-state index in [2.05, 4.69) is 5.32 Å². The summed E-state index contributed by atoms with van der Waals surface area (Å²) in [4.78, 5) is 70.4. The number of esters is 3. The summed E-state index contributed by atoms with van der Waals surface area (Å²) >= 11 is 0. The van der Waals surface area contributed by atoms with E-state index in [4.69, 9.17) is 24.4 Å². The number of carbonyl (C=O) groups is 5. The summed E-state index contributed by atoms with van der Waals surface area (Å²) in [6.45, 7) is 5.40. The molecule has 2 aromatic rings. The molecule has 0 saturated heterocycles. The molecule has 15 heteroatoms. The van der Waals surface area contributed by atoms with Gasteiger partial charge in [0.15, 0.2) is 0 Å². The molecular weight excluding hydrogens is 630 g/mol. The maximum atomic E-state index is 13.5. The average Bonchev–Trinajstić information content (AvgIpc) is 3.03. The fourth-order valence-corrected chi connectivity index (χ4v) is 4.54. The van der Waals surface area contributed by atoms with Crippen molar-refractivity contribution in [3.63, 3.8) is 0 Å². The molecule has 1 aliphatic rings. The number of likely N-dealkylation sites (N-methyl/N-ethyl adjacent to an activating group) is 1. The third-order valence-electron chi connectivity index (χ3n) is 6.56. The van der Waals surface area contributed by atoms with Gasteiger partial charge in [-0.2, -0.15) is 0 Å². The number of carbonyl (C=O) groups excluding carboxylic acids is 3. The lowest BCUT2D eigenvalue weighted by Crippen LogP contribution is -2.35. The minimum absolute atomic E-state index is 0.00217. The second-order valence-corrected chi connectivity index (χ2v) is 10.2. The number of allylic oxidation sites excluding steroid dienone is 1. The number of nitrogens with zero attached hydrogens (tertiary/aromatic N) is 2. The highest BCUT2D eigenvalue weighted by Crippen LogP contribution is 2.40. The van der Waals surface area contributed by atoms with Crippen LogP contribution in [-0.2, 0) is 44.7 Å². The van der Waals surface area contributed by atoms with Crippen molar-refractivity contribution in [1.82, 2.24) is 10.2 Å². The molecule has 0 amide bonds. The Morgan fingerprint density at radius 2 is 1.56 bits per heavy atom. The number of non-ortho nitro benzene ring substituents is 1. The zero-order valence-corrected chi connectivity index (χ0v) is 26.8. The Labute approximate surface area is 276 Å². The lowest BCUT2D eigenvalue weighted by Gasteiger charge is -2.31. The number of ether oxygens (including phenoxy) is 3. The number of hydrogen-bond donors (Lipinski definition) is 3. The van der Waals surface area contributed by atoms with Crippen LogP contribution in [0.2, 0.25) is 0 Å². The smallest absolute Gasteiger partial charge is 0.336 e. The van der Waals surface area contributed by atoms with Crippen molar-refractivity contribution in [1.29, 1.82) is 0 Å². The van der Waals surface area contributed by atoms with Gasteiger partial charge < -0.3 is 29.7 Å². The third-order valence-corrected chi connectivity index (χ3v) is 6.56. The van der Waals surface area contributed by atoms with Gasteiger partial charge in [-0.1, -0.05) is 42.5 Å². The number of rotatable bonds is 14. The number of benzene rings is 2. The number of nitro groups is 1. The first kappa shape index (κ1) is 38.4. The molecule has 0 spiro atoms. The number of dihydropyridines is 1. The van der Waals surface area contributed by atoms with Crippen LogP contribution < -0.4 is 5.32 Å². The van der Waals surface area contributed by atoms with E-state index in [1.807, 2.05) is 42.3 Å². The Bertz CT molecular complexity index is 1580. The predicted octanol–water partition coefficient (Wildman–Crippen LogP) is 3.32. The molecule has 1 atom stereocenters. The van der Waals surface area contributed by atoms with E-state index in [-0.39, 0.29) is 42.4 Å². The maximum Gasteiger partial charge on any atom is 0.336 e. The van der Waals surface area contributed by atoms with E-state index in [0.29, 0.717) is 36.5 Å². The number of hydrogen-bond acceptors (Lipinski definition) is 12. The highest BCUT2D eigenvalue weighted by atomic mass is 16.6. The van der Waals surface area contributed by atoms with Crippen LogP contribution in [0.4, 0.5) is 5.69 Å². The summed E-state index contributed by atoms with van der Waals surface area (Å²) in [5.41, 5.74) is 1.88. The first-order chi connectivity index (χ1) is 22.7. The molecule has 15 nitrogen and oxygen atoms in total. The molecular formula is C33H37N3O12. The molecule has 1 aliphatic heterocycles. The summed E-state index contributed by atoms with van der Waals surface area (Å²) < 4.78 is 16.1. The van der Waals surface area contributed by atoms with Crippen LogP contribution in [0.1, 0.15) is 37.8 Å². The van der Waals surface area contributed by atoms with Crippen molar-refractivity contribution in [3.8, 4) is 0 Å². The lowest BCUT2D eigenvalue weighted by atomic mass is 9.80. The van der Waals surface area contributed by atoms with Crippen LogP contribution in [0, 0.1) is 10.1 Å². The van der Waals surface area contributed by atoms with Crippen molar-refractivity contribution >= 4 is 35.5 Å². The standard InChI is InChI=1S/C29H33N3O8.C4H4O4/c1-5-38-29(35)27-24(18-40-20(3)33)30-19(2)25(26(27)22-12-9-13-23(16-22)32(36)37)28(34)39-15-14-31(4)17-21-10-7-6-8-11-21;5-3(6)1-2-4(7)8/h6-13,16,26,30H,5,14-15,17-18H2,1-4H3;1-2H,(H,5,6)(H,7,8)/b;2-1-. The first-order valence-electron chi connectivity index (χ1n) is 14.5. The van der Waals surface area contributed by atoms with Gasteiger partial charge in [0.1, 0.15) is 13.2 Å². The van der Waals surface area contributed by atoms with E-state index in [1.54, 1.807) is 19.9 Å². The highest BCUT2D eigenvalue weighted by Gasteiger charge is 2.39. The van der Waals surface area contributed by atoms with E-state index >= 15 is 0 Å². The summed E-state index contributed by atoms with van der Waals surface area (Å²) in [5.74, 6) is -5.60. The van der Waals surface area contributed by atoms with Crippen LogP contribution in [-0.4, -0.2) is 83.3 Å². The fourth-order valence-electron chi connectivity index (χ4n) is 4.54. The zero-order valence-electron chi connectivity index (χ0n) is 26.8. The van der Waals surface area contributed by atoms with Crippen molar-refractivity contribution in [3.05, 3.63) is 111 Å². The summed E-state index contributed by atoms with van der Waals surface area (Å²) in [6, 6.07) is 15.5. The Balaban J connectivity index is 0.000000886. The Morgan fingerprint density at radius 1 is 0.938 bits per heavy atom. The van der Waals surface area contributed by atoms with Gasteiger partial charge in [-0.15, -0.1) is 0 Å². The molecule has 0 bridgehead atoms. The van der Waals surface area contributed by atoms with Gasteiger partial charge in [0, 0.05) is 50.0 Å². The summed E-state index contributed by atoms with van der Waals surface area (Å²) in [5, 5.41) is 30.2. The number of carboxylic acid groups (broad SMARTS) is 2. The molecule has 0 fully saturated rings. The van der Waals surface area contributed by atoms with Crippen LogP contribution in [0.15, 0.2) is 89.3 Å². The molecule has 48 heavy (non-hydrogen) atoms. The number of nitrogens with one attached hydrogen (secondary N) is 1. The Kier molecular flexibility index (Phi) is 15.2. The molecule has 0 saturated carbocycles. The van der Waals surface area contributed by atoms with Crippen molar-refractivity contribution in [2.75, 3.05) is 33.4 Å².